The van der Waals surface area contributed by atoms with Crippen LogP contribution in [0.25, 0.3) is 0 Å². The van der Waals surface area contributed by atoms with E-state index in [0.717, 1.165) is 5.56 Å². The minimum atomic E-state index is -1.23. The average molecular weight is 396 g/mol. The summed E-state index contributed by atoms with van der Waals surface area (Å²) < 4.78 is 0. The average Bonchev–Trinajstić information content (AvgIpc) is 3.11. The number of fused-ring (bicyclic) bond motifs is 1. The van der Waals surface area contributed by atoms with Crippen LogP contribution in [0, 0.1) is 0 Å². The molecule has 1 unspecified atom stereocenters. The normalized spacial score (nSPS) is 12.5. The molecule has 29 heavy (non-hydrogen) atoms. The first kappa shape index (κ1) is 23.7. The monoisotopic (exact) mass is 396 g/mol. The molecule has 0 saturated heterocycles. The van der Waals surface area contributed by atoms with E-state index in [1.807, 2.05) is 33.8 Å². The zero-order valence-corrected chi connectivity index (χ0v) is 17.5. The predicted molar refractivity (Wildman–Crippen MR) is 116 cm³/mol. The Balaban J connectivity index is 0.000000989. The first-order valence-corrected chi connectivity index (χ1v) is 9.73. The fourth-order valence-electron chi connectivity index (χ4n) is 2.44. The molecule has 7 heteroatoms. The molecule has 0 saturated carbocycles. The van der Waals surface area contributed by atoms with Gasteiger partial charge in [0.05, 0.1) is 12.1 Å². The van der Waals surface area contributed by atoms with Crippen LogP contribution in [0.4, 0.5) is 17.1 Å². The second-order valence-electron chi connectivity index (χ2n) is 5.65. The fourth-order valence-corrected chi connectivity index (χ4v) is 2.44. The lowest BCUT2D eigenvalue weighted by molar-refractivity contribution is -0.126. The number of hydrogen-bond donors (Lipinski definition) is 2. The van der Waals surface area contributed by atoms with Gasteiger partial charge < -0.3 is 10.6 Å². The number of carbonyl (C=O) groups excluding carboxylic acids is 3. The molecule has 3 rings (SSSR count). The number of amides is 2. The summed E-state index contributed by atoms with van der Waals surface area (Å²) in [5, 5.41) is 13.2. The van der Waals surface area contributed by atoms with Crippen LogP contribution in [0.15, 0.2) is 58.8 Å². The third kappa shape index (κ3) is 6.95. The van der Waals surface area contributed by atoms with E-state index < -0.39 is 17.7 Å². The molecule has 1 aliphatic rings. The lowest BCUT2D eigenvalue weighted by atomic mass is 10.1. The molecule has 2 N–H and O–H groups in total. The number of nitrogens with one attached hydrogen (secondary N) is 2. The van der Waals surface area contributed by atoms with Crippen molar-refractivity contribution in [3.05, 3.63) is 54.1 Å². The fraction of sp³-hybridized carbons (Fsp3) is 0.318. The number of benzene rings is 2. The summed E-state index contributed by atoms with van der Waals surface area (Å²) in [6, 6.07) is 12.7. The van der Waals surface area contributed by atoms with Crippen molar-refractivity contribution in [2.45, 2.75) is 47.1 Å². The molecule has 1 atom stereocenters. The maximum Gasteiger partial charge on any atom is 0.258 e. The highest BCUT2D eigenvalue weighted by molar-refractivity contribution is 6.10. The Bertz CT molecular complexity index is 864. The predicted octanol–water partition coefficient (Wildman–Crippen LogP) is 4.91. The molecule has 2 aromatic rings. The first-order chi connectivity index (χ1) is 14.0. The Morgan fingerprint density at radius 1 is 1.03 bits per heavy atom. The van der Waals surface area contributed by atoms with Gasteiger partial charge in [0.15, 0.2) is 5.78 Å². The van der Waals surface area contributed by atoms with E-state index in [1.165, 1.54) is 6.92 Å². The van der Waals surface area contributed by atoms with E-state index >= 15 is 0 Å². The molecule has 1 heterocycles. The summed E-state index contributed by atoms with van der Waals surface area (Å²) in [6.45, 7) is 9.29. The highest BCUT2D eigenvalue weighted by Gasteiger charge is 2.24. The summed E-state index contributed by atoms with van der Waals surface area (Å²) in [5.74, 6) is -1.07. The van der Waals surface area contributed by atoms with Crippen molar-refractivity contribution in [1.82, 2.24) is 0 Å². The number of hydrogen-bond acceptors (Lipinski definition) is 5. The van der Waals surface area contributed by atoms with Crippen molar-refractivity contribution in [1.29, 1.82) is 0 Å². The van der Waals surface area contributed by atoms with Gasteiger partial charge in [0.1, 0.15) is 0 Å². The number of anilines is 2. The Hall–Kier alpha value is -3.35. The van der Waals surface area contributed by atoms with E-state index in [-0.39, 0.29) is 5.91 Å². The quantitative estimate of drug-likeness (QED) is 0.554. The lowest BCUT2D eigenvalue weighted by Crippen LogP contribution is -2.31. The molecule has 154 valence electrons. The van der Waals surface area contributed by atoms with Gasteiger partial charge in [-0.15, -0.1) is 0 Å². The zero-order valence-electron chi connectivity index (χ0n) is 17.5. The third-order valence-corrected chi connectivity index (χ3v) is 3.68. The summed E-state index contributed by atoms with van der Waals surface area (Å²) in [4.78, 5) is 35.5. The van der Waals surface area contributed by atoms with Gasteiger partial charge in [-0.05, 0) is 36.8 Å². The smallest absolute Gasteiger partial charge is 0.258 e. The number of ketones is 1. The lowest BCUT2D eigenvalue weighted by Gasteiger charge is -2.10. The number of carbonyl (C=O) groups is 3. The summed E-state index contributed by atoms with van der Waals surface area (Å²) in [5.41, 5.74) is 2.57. The van der Waals surface area contributed by atoms with Crippen molar-refractivity contribution in [3.8, 4) is 0 Å². The van der Waals surface area contributed by atoms with Gasteiger partial charge in [-0.3, -0.25) is 14.4 Å². The number of nitrogens with zero attached hydrogens (tertiary/aromatic N) is 2. The van der Waals surface area contributed by atoms with E-state index in [9.17, 15) is 14.4 Å². The molecule has 0 aliphatic carbocycles. The highest BCUT2D eigenvalue weighted by atomic mass is 16.2. The van der Waals surface area contributed by atoms with Crippen molar-refractivity contribution in [3.63, 3.8) is 0 Å². The maximum absolute atomic E-state index is 12.4. The second kappa shape index (κ2) is 12.2. The van der Waals surface area contributed by atoms with Crippen LogP contribution in [0.3, 0.4) is 0 Å². The van der Waals surface area contributed by atoms with Gasteiger partial charge in [0.25, 0.3) is 5.91 Å². The van der Waals surface area contributed by atoms with Gasteiger partial charge >= 0.3 is 0 Å². The molecule has 0 aromatic heterocycles. The van der Waals surface area contributed by atoms with Gasteiger partial charge in [-0.25, -0.2) is 0 Å². The van der Waals surface area contributed by atoms with Gasteiger partial charge in [0, 0.05) is 11.4 Å². The standard InChI is InChI=1S/C18H16N4O3.2C2H6/c1-11(23)17(22-21-13-5-3-2-4-6-13)18(25)19-14-8-7-12-9-16(24)20-15(12)10-14;2*1-2/h2-8,10,17H,9H2,1H3,(H,19,25)(H,20,24);2*1-2H3. The van der Waals surface area contributed by atoms with Gasteiger partial charge in [0.2, 0.25) is 11.9 Å². The van der Waals surface area contributed by atoms with E-state index in [4.69, 9.17) is 0 Å². The van der Waals surface area contributed by atoms with Gasteiger partial charge in [-0.2, -0.15) is 10.2 Å². The number of azo groups is 1. The second-order valence-corrected chi connectivity index (χ2v) is 5.65. The minimum absolute atomic E-state index is 0.0863. The Labute approximate surface area is 171 Å². The summed E-state index contributed by atoms with van der Waals surface area (Å²) >= 11 is 0. The van der Waals surface area contributed by atoms with Crippen LogP contribution in [-0.2, 0) is 20.8 Å². The molecule has 0 radical (unpaired) electrons. The van der Waals surface area contributed by atoms with Crippen molar-refractivity contribution in [2.75, 3.05) is 10.6 Å². The van der Waals surface area contributed by atoms with Gasteiger partial charge in [-0.1, -0.05) is 52.0 Å². The van der Waals surface area contributed by atoms with E-state index in [0.29, 0.717) is 23.5 Å². The van der Waals surface area contributed by atoms with E-state index in [2.05, 4.69) is 20.9 Å². The van der Waals surface area contributed by atoms with Crippen LogP contribution < -0.4 is 10.6 Å². The summed E-state index contributed by atoms with van der Waals surface area (Å²) in [6.07, 6.45) is 0.324. The highest BCUT2D eigenvalue weighted by Crippen LogP contribution is 2.26. The molecule has 2 aromatic carbocycles. The largest absolute Gasteiger partial charge is 0.325 e. The Morgan fingerprint density at radius 3 is 2.31 bits per heavy atom. The van der Waals surface area contributed by atoms with Crippen molar-refractivity contribution < 1.29 is 14.4 Å². The Morgan fingerprint density at radius 2 is 1.69 bits per heavy atom. The molecular weight excluding hydrogens is 368 g/mol. The van der Waals surface area contributed by atoms with Crippen LogP contribution in [0.1, 0.15) is 40.2 Å². The molecule has 1 aliphatic heterocycles. The number of Topliss-reactive ketones (excluding diaryl/α,β-unsaturated/α-hetero) is 1. The van der Waals surface area contributed by atoms with Crippen LogP contribution in [0.5, 0.6) is 0 Å². The molecule has 0 spiro atoms. The third-order valence-electron chi connectivity index (χ3n) is 3.68. The van der Waals surface area contributed by atoms with Crippen LogP contribution in [0.2, 0.25) is 0 Å². The SMILES string of the molecule is CC.CC.CC(=O)C(N=Nc1ccccc1)C(=O)Nc1ccc2c(c1)NC(=O)C2. The van der Waals surface area contributed by atoms with E-state index in [1.54, 1.807) is 42.5 Å². The molecular formula is C22H28N4O3. The molecule has 7 nitrogen and oxygen atoms in total. The van der Waals surface area contributed by atoms with Crippen LogP contribution in [-0.4, -0.2) is 23.6 Å². The maximum atomic E-state index is 12.4. The molecule has 0 bridgehead atoms. The number of rotatable bonds is 5. The zero-order chi connectivity index (χ0) is 21.8. The first-order valence-electron chi connectivity index (χ1n) is 9.73. The minimum Gasteiger partial charge on any atom is -0.325 e. The molecule has 2 amide bonds. The Kier molecular flexibility index (Phi) is 9.95. The summed E-state index contributed by atoms with van der Waals surface area (Å²) in [7, 11) is 0. The van der Waals surface area contributed by atoms with Crippen molar-refractivity contribution in [2.24, 2.45) is 10.2 Å². The van der Waals surface area contributed by atoms with Crippen LogP contribution >= 0.6 is 0 Å². The van der Waals surface area contributed by atoms with Crippen molar-refractivity contribution >= 4 is 34.7 Å². The topological polar surface area (TPSA) is 100.0 Å². The molecule has 0 fully saturated rings.